The highest BCUT2D eigenvalue weighted by atomic mass is 32.1. The maximum Gasteiger partial charge on any atom is 0.227 e. The largest absolute Gasteiger partial charge is 0.353 e. The van der Waals surface area contributed by atoms with Gasteiger partial charge in [0.2, 0.25) is 5.91 Å². The molecule has 0 bridgehead atoms. The zero-order valence-corrected chi connectivity index (χ0v) is 12.7. The second kappa shape index (κ2) is 6.06. The molecule has 1 amide bonds. The summed E-state index contributed by atoms with van der Waals surface area (Å²) in [5.74, 6) is 0.160. The Morgan fingerprint density at radius 1 is 1.47 bits per heavy atom. The van der Waals surface area contributed by atoms with Crippen LogP contribution in [-0.2, 0) is 11.2 Å². The third kappa shape index (κ3) is 3.37. The van der Waals surface area contributed by atoms with E-state index in [-0.39, 0.29) is 17.4 Å². The Labute approximate surface area is 119 Å². The third-order valence-corrected chi connectivity index (χ3v) is 5.14. The van der Waals surface area contributed by atoms with Crippen LogP contribution in [0, 0.1) is 12.3 Å². The number of carbonyl (C=O) groups is 1. The molecule has 1 aromatic rings. The molecule has 1 aliphatic rings. The van der Waals surface area contributed by atoms with Gasteiger partial charge in [0.05, 0.1) is 5.41 Å². The molecule has 1 aromatic heterocycles. The van der Waals surface area contributed by atoms with Crippen LogP contribution in [0.4, 0.5) is 0 Å². The number of aryl methyl sites for hydroxylation is 1. The van der Waals surface area contributed by atoms with Crippen molar-refractivity contribution in [1.82, 2.24) is 5.32 Å². The molecule has 0 spiro atoms. The number of hydrogen-bond acceptors (Lipinski definition) is 3. The average molecular weight is 280 g/mol. The number of nitrogens with one attached hydrogen (secondary N) is 1. The van der Waals surface area contributed by atoms with Crippen LogP contribution in [0.2, 0.25) is 0 Å². The molecule has 3 N–H and O–H groups in total. The topological polar surface area (TPSA) is 55.1 Å². The molecule has 1 saturated carbocycles. The third-order valence-electron chi connectivity index (χ3n) is 4.11. The van der Waals surface area contributed by atoms with Gasteiger partial charge in [-0.1, -0.05) is 12.8 Å². The molecule has 0 saturated heterocycles. The fourth-order valence-electron chi connectivity index (χ4n) is 2.90. The number of carbonyl (C=O) groups excluding carboxylic acids is 1. The van der Waals surface area contributed by atoms with Gasteiger partial charge in [0.1, 0.15) is 0 Å². The van der Waals surface area contributed by atoms with E-state index in [1.165, 1.54) is 9.75 Å². The zero-order chi connectivity index (χ0) is 13.9. The molecule has 4 heteroatoms. The minimum atomic E-state index is -0.292. The monoisotopic (exact) mass is 280 g/mol. The standard InChI is InChI=1S/C15H24N2OS/c1-11(9-13-6-5-12(2)19-13)17-14(18)15(10-16)7-3-4-8-15/h5-6,11H,3-4,7-10,16H2,1-2H3,(H,17,18). The van der Waals surface area contributed by atoms with E-state index in [0.29, 0.717) is 6.54 Å². The Morgan fingerprint density at radius 2 is 2.16 bits per heavy atom. The highest BCUT2D eigenvalue weighted by Gasteiger charge is 2.40. The molecule has 1 atom stereocenters. The van der Waals surface area contributed by atoms with Crippen LogP contribution in [0.25, 0.3) is 0 Å². The molecule has 106 valence electrons. The maximum absolute atomic E-state index is 12.4. The summed E-state index contributed by atoms with van der Waals surface area (Å²) in [5.41, 5.74) is 5.55. The van der Waals surface area contributed by atoms with E-state index in [2.05, 4.69) is 31.3 Å². The van der Waals surface area contributed by atoms with Crippen LogP contribution in [0.15, 0.2) is 12.1 Å². The molecular weight excluding hydrogens is 256 g/mol. The van der Waals surface area contributed by atoms with Crippen molar-refractivity contribution in [2.24, 2.45) is 11.1 Å². The quantitative estimate of drug-likeness (QED) is 0.871. The normalized spacial score (nSPS) is 19.3. The van der Waals surface area contributed by atoms with Gasteiger partial charge in [0, 0.05) is 28.8 Å². The molecule has 1 unspecified atom stereocenters. The summed E-state index contributed by atoms with van der Waals surface area (Å²) in [6.45, 7) is 4.66. The first-order valence-electron chi connectivity index (χ1n) is 7.12. The van der Waals surface area contributed by atoms with Gasteiger partial charge < -0.3 is 11.1 Å². The van der Waals surface area contributed by atoms with Gasteiger partial charge in [-0.15, -0.1) is 11.3 Å². The van der Waals surface area contributed by atoms with Crippen molar-refractivity contribution in [3.05, 3.63) is 21.9 Å². The summed E-state index contributed by atoms with van der Waals surface area (Å²) in [5, 5.41) is 3.16. The zero-order valence-electron chi connectivity index (χ0n) is 11.9. The lowest BCUT2D eigenvalue weighted by molar-refractivity contribution is -0.130. The first-order chi connectivity index (χ1) is 9.05. The molecule has 0 aromatic carbocycles. The highest BCUT2D eigenvalue weighted by molar-refractivity contribution is 7.11. The van der Waals surface area contributed by atoms with Crippen LogP contribution >= 0.6 is 11.3 Å². The maximum atomic E-state index is 12.4. The molecule has 1 aliphatic carbocycles. The number of rotatable bonds is 5. The minimum Gasteiger partial charge on any atom is -0.353 e. The van der Waals surface area contributed by atoms with Crippen LogP contribution < -0.4 is 11.1 Å². The van der Waals surface area contributed by atoms with Crippen molar-refractivity contribution in [1.29, 1.82) is 0 Å². The van der Waals surface area contributed by atoms with Crippen molar-refractivity contribution in [3.8, 4) is 0 Å². The first-order valence-corrected chi connectivity index (χ1v) is 7.94. The fraction of sp³-hybridized carbons (Fsp3) is 0.667. The summed E-state index contributed by atoms with van der Waals surface area (Å²) < 4.78 is 0. The Balaban J connectivity index is 1.91. The molecule has 2 rings (SSSR count). The Bertz CT molecular complexity index is 435. The van der Waals surface area contributed by atoms with Gasteiger partial charge in [-0.05, 0) is 38.8 Å². The number of nitrogens with two attached hydrogens (primary N) is 1. The lowest BCUT2D eigenvalue weighted by atomic mass is 9.85. The summed E-state index contributed by atoms with van der Waals surface area (Å²) in [6.07, 6.45) is 5.05. The van der Waals surface area contributed by atoms with Crippen LogP contribution in [0.5, 0.6) is 0 Å². The Morgan fingerprint density at radius 3 is 2.68 bits per heavy atom. The van der Waals surface area contributed by atoms with Gasteiger partial charge >= 0.3 is 0 Å². The second-order valence-electron chi connectivity index (χ2n) is 5.78. The molecule has 19 heavy (non-hydrogen) atoms. The van der Waals surface area contributed by atoms with E-state index in [4.69, 9.17) is 5.73 Å². The minimum absolute atomic E-state index is 0.160. The number of amides is 1. The van der Waals surface area contributed by atoms with Gasteiger partial charge in [0.15, 0.2) is 0 Å². The van der Waals surface area contributed by atoms with Gasteiger partial charge in [0.25, 0.3) is 0 Å². The van der Waals surface area contributed by atoms with Gasteiger partial charge in [-0.3, -0.25) is 4.79 Å². The molecular formula is C15H24N2OS. The van der Waals surface area contributed by atoms with E-state index in [1.54, 1.807) is 11.3 Å². The first kappa shape index (κ1) is 14.5. The van der Waals surface area contributed by atoms with Crippen LogP contribution in [0.1, 0.15) is 42.4 Å². The smallest absolute Gasteiger partial charge is 0.227 e. The van der Waals surface area contributed by atoms with E-state index in [9.17, 15) is 4.79 Å². The van der Waals surface area contributed by atoms with E-state index in [0.717, 1.165) is 32.1 Å². The summed E-state index contributed by atoms with van der Waals surface area (Å²) >= 11 is 1.80. The van der Waals surface area contributed by atoms with E-state index < -0.39 is 0 Å². The molecule has 1 heterocycles. The Kier molecular flexibility index (Phi) is 4.63. The number of hydrogen-bond donors (Lipinski definition) is 2. The lowest BCUT2D eigenvalue weighted by Gasteiger charge is -2.27. The predicted molar refractivity (Wildman–Crippen MR) is 80.3 cm³/mol. The van der Waals surface area contributed by atoms with Crippen LogP contribution in [-0.4, -0.2) is 18.5 Å². The van der Waals surface area contributed by atoms with Gasteiger partial charge in [-0.25, -0.2) is 0 Å². The number of thiophene rings is 1. The lowest BCUT2D eigenvalue weighted by Crippen LogP contribution is -2.47. The summed E-state index contributed by atoms with van der Waals surface area (Å²) in [4.78, 5) is 15.1. The van der Waals surface area contributed by atoms with E-state index >= 15 is 0 Å². The van der Waals surface area contributed by atoms with Gasteiger partial charge in [-0.2, -0.15) is 0 Å². The SMILES string of the molecule is Cc1ccc(CC(C)NC(=O)C2(CN)CCCC2)s1. The highest BCUT2D eigenvalue weighted by Crippen LogP contribution is 2.37. The van der Waals surface area contributed by atoms with Crippen molar-refractivity contribution in [3.63, 3.8) is 0 Å². The molecule has 3 nitrogen and oxygen atoms in total. The molecule has 0 radical (unpaired) electrons. The predicted octanol–water partition coefficient (Wildman–Crippen LogP) is 2.62. The summed E-state index contributed by atoms with van der Waals surface area (Å²) in [7, 11) is 0. The Hall–Kier alpha value is -0.870. The molecule has 1 fully saturated rings. The average Bonchev–Trinajstić information content (AvgIpc) is 2.98. The van der Waals surface area contributed by atoms with E-state index in [1.807, 2.05) is 0 Å². The van der Waals surface area contributed by atoms with Crippen molar-refractivity contribution >= 4 is 17.2 Å². The fourth-order valence-corrected chi connectivity index (χ4v) is 3.92. The summed E-state index contributed by atoms with van der Waals surface area (Å²) in [6, 6.07) is 4.46. The van der Waals surface area contributed by atoms with Crippen molar-refractivity contribution < 1.29 is 4.79 Å². The van der Waals surface area contributed by atoms with Crippen molar-refractivity contribution in [2.75, 3.05) is 6.54 Å². The van der Waals surface area contributed by atoms with Crippen LogP contribution in [0.3, 0.4) is 0 Å². The van der Waals surface area contributed by atoms with Crippen molar-refractivity contribution in [2.45, 2.75) is 52.0 Å². The molecule has 0 aliphatic heterocycles. The second-order valence-corrected chi connectivity index (χ2v) is 7.16.